The van der Waals surface area contributed by atoms with E-state index in [-0.39, 0.29) is 19.6 Å². The molecule has 0 unspecified atom stereocenters. The normalized spacial score (nSPS) is 11.1. The largest absolute Gasteiger partial charge is 0.459 e. The van der Waals surface area contributed by atoms with Gasteiger partial charge in [-0.1, -0.05) is 23.4 Å². The van der Waals surface area contributed by atoms with E-state index < -0.39 is 11.7 Å². The summed E-state index contributed by atoms with van der Waals surface area (Å²) in [6, 6.07) is 12.7. The molecular weight excluding hydrogens is 356 g/mol. The third-order valence-corrected chi connectivity index (χ3v) is 4.70. The number of aromatic nitrogens is 2. The average molecular weight is 370 g/mol. The molecule has 7 nitrogen and oxygen atoms in total. The highest BCUT2D eigenvalue weighted by Gasteiger charge is 2.13. The van der Waals surface area contributed by atoms with Crippen LogP contribution in [0.4, 0.5) is 0 Å². The summed E-state index contributed by atoms with van der Waals surface area (Å²) in [5, 5.41) is 5.84. The molecule has 0 amide bonds. The first-order valence-electron chi connectivity index (χ1n) is 7.94. The number of rotatable bonds is 6. The monoisotopic (exact) mass is 370 g/mol. The van der Waals surface area contributed by atoms with Crippen molar-refractivity contribution in [3.05, 3.63) is 64.1 Å². The van der Waals surface area contributed by atoms with E-state index in [9.17, 15) is 9.59 Å². The number of fused-ring (bicyclic) bond motifs is 1. The molecule has 4 aromatic rings. The van der Waals surface area contributed by atoms with Gasteiger partial charge in [-0.05, 0) is 23.6 Å². The number of aryl methyl sites for hydroxylation is 1. The van der Waals surface area contributed by atoms with Gasteiger partial charge < -0.3 is 13.7 Å². The Bertz CT molecular complexity index is 1090. The molecule has 26 heavy (non-hydrogen) atoms. The Morgan fingerprint density at radius 3 is 2.96 bits per heavy atom. The summed E-state index contributed by atoms with van der Waals surface area (Å²) in [5.41, 5.74) is 1.68. The molecule has 0 saturated carbocycles. The maximum atomic E-state index is 12.0. The van der Waals surface area contributed by atoms with Crippen LogP contribution in [0, 0.1) is 0 Å². The Labute approximate surface area is 151 Å². The highest BCUT2D eigenvalue weighted by Crippen LogP contribution is 2.25. The van der Waals surface area contributed by atoms with Gasteiger partial charge in [-0.25, -0.2) is 4.79 Å². The number of hydrogen-bond acceptors (Lipinski definition) is 7. The third kappa shape index (κ3) is 3.31. The van der Waals surface area contributed by atoms with Crippen LogP contribution < -0.4 is 5.76 Å². The summed E-state index contributed by atoms with van der Waals surface area (Å²) in [6.07, 6.45) is 0.0546. The van der Waals surface area contributed by atoms with Crippen LogP contribution in [0.3, 0.4) is 0 Å². The number of thiophene rings is 1. The fraction of sp³-hybridized carbons (Fsp3) is 0.167. The van der Waals surface area contributed by atoms with Crippen molar-refractivity contribution in [2.45, 2.75) is 19.6 Å². The number of esters is 1. The van der Waals surface area contributed by atoms with E-state index in [0.29, 0.717) is 22.6 Å². The fourth-order valence-electron chi connectivity index (χ4n) is 2.57. The first kappa shape index (κ1) is 16.3. The molecule has 0 aliphatic heterocycles. The number of ether oxygens (including phenoxy) is 1. The molecule has 132 valence electrons. The van der Waals surface area contributed by atoms with Crippen molar-refractivity contribution in [1.82, 2.24) is 9.72 Å². The van der Waals surface area contributed by atoms with Gasteiger partial charge in [0.05, 0.1) is 16.8 Å². The van der Waals surface area contributed by atoms with Gasteiger partial charge in [-0.2, -0.15) is 0 Å². The SMILES string of the molecule is O=C(CCn1c(=O)oc2ccccc21)OCc1cc(-c2cccs2)on1. The van der Waals surface area contributed by atoms with Crippen molar-refractivity contribution in [3.8, 4) is 10.6 Å². The molecule has 0 N–H and O–H groups in total. The molecule has 4 rings (SSSR count). The number of carbonyl (C=O) groups is 1. The molecule has 0 bridgehead atoms. The lowest BCUT2D eigenvalue weighted by molar-refractivity contribution is -0.145. The standard InChI is InChI=1S/C18H14N2O5S/c21-17(7-8-20-13-4-1-2-5-14(13)24-18(20)22)23-11-12-10-15(25-19-12)16-6-3-9-26-16/h1-6,9-10H,7-8,11H2. The maximum absolute atomic E-state index is 12.0. The number of oxazole rings is 1. The van der Waals surface area contributed by atoms with Gasteiger partial charge in [0.25, 0.3) is 0 Å². The van der Waals surface area contributed by atoms with Gasteiger partial charge in [0.2, 0.25) is 0 Å². The predicted molar refractivity (Wildman–Crippen MR) is 94.7 cm³/mol. The zero-order chi connectivity index (χ0) is 17.9. The minimum Gasteiger partial charge on any atom is -0.459 e. The lowest BCUT2D eigenvalue weighted by Crippen LogP contribution is -2.17. The molecule has 3 aromatic heterocycles. The van der Waals surface area contributed by atoms with Crippen molar-refractivity contribution < 1.29 is 18.5 Å². The van der Waals surface area contributed by atoms with E-state index in [1.807, 2.05) is 23.6 Å². The van der Waals surface area contributed by atoms with Gasteiger partial charge in [0.15, 0.2) is 11.3 Å². The molecule has 0 radical (unpaired) electrons. The van der Waals surface area contributed by atoms with Gasteiger partial charge in [0, 0.05) is 12.6 Å². The molecule has 0 fully saturated rings. The van der Waals surface area contributed by atoms with Crippen LogP contribution in [0.1, 0.15) is 12.1 Å². The van der Waals surface area contributed by atoms with Crippen LogP contribution in [-0.2, 0) is 22.7 Å². The van der Waals surface area contributed by atoms with Gasteiger partial charge in [0.1, 0.15) is 12.3 Å². The van der Waals surface area contributed by atoms with Crippen LogP contribution in [0.5, 0.6) is 0 Å². The van der Waals surface area contributed by atoms with Crippen molar-refractivity contribution in [2.24, 2.45) is 0 Å². The maximum Gasteiger partial charge on any atom is 0.419 e. The molecule has 3 heterocycles. The number of nitrogens with zero attached hydrogens (tertiary/aromatic N) is 2. The lowest BCUT2D eigenvalue weighted by Gasteiger charge is -2.03. The van der Waals surface area contributed by atoms with Gasteiger partial charge >= 0.3 is 11.7 Å². The van der Waals surface area contributed by atoms with Crippen LogP contribution >= 0.6 is 11.3 Å². The Kier molecular flexibility index (Phi) is 4.40. The molecule has 0 aliphatic rings. The zero-order valence-corrected chi connectivity index (χ0v) is 14.4. The van der Waals surface area contributed by atoms with Gasteiger partial charge in [-0.3, -0.25) is 9.36 Å². The quantitative estimate of drug-likeness (QED) is 0.483. The van der Waals surface area contributed by atoms with Crippen molar-refractivity contribution in [3.63, 3.8) is 0 Å². The smallest absolute Gasteiger partial charge is 0.419 e. The molecule has 0 aliphatic carbocycles. The summed E-state index contributed by atoms with van der Waals surface area (Å²) in [4.78, 5) is 24.8. The molecular formula is C18H14N2O5S. The first-order chi connectivity index (χ1) is 12.7. The summed E-state index contributed by atoms with van der Waals surface area (Å²) in [6.45, 7) is 0.211. The van der Waals surface area contributed by atoms with E-state index in [1.165, 1.54) is 15.9 Å². The average Bonchev–Trinajstić information content (AvgIpc) is 3.37. The minimum absolute atomic E-state index is 0.0226. The van der Waals surface area contributed by atoms with E-state index in [2.05, 4.69) is 5.16 Å². The Morgan fingerprint density at radius 1 is 1.23 bits per heavy atom. The number of benzene rings is 1. The second-order valence-electron chi connectivity index (χ2n) is 5.56. The Morgan fingerprint density at radius 2 is 2.12 bits per heavy atom. The lowest BCUT2D eigenvalue weighted by atomic mass is 10.3. The molecule has 0 spiro atoms. The van der Waals surface area contributed by atoms with E-state index in [1.54, 1.807) is 24.3 Å². The second-order valence-corrected chi connectivity index (χ2v) is 6.51. The molecule has 8 heteroatoms. The van der Waals surface area contributed by atoms with Crippen LogP contribution in [0.25, 0.3) is 21.7 Å². The number of hydrogen-bond donors (Lipinski definition) is 0. The highest BCUT2D eigenvalue weighted by atomic mass is 32.1. The number of para-hydroxylation sites is 2. The van der Waals surface area contributed by atoms with E-state index in [0.717, 1.165) is 4.88 Å². The summed E-state index contributed by atoms with van der Waals surface area (Å²) in [5.74, 6) is -0.276. The van der Waals surface area contributed by atoms with Crippen molar-refractivity contribution >= 4 is 28.4 Å². The fourth-order valence-corrected chi connectivity index (χ4v) is 3.24. The van der Waals surface area contributed by atoms with Crippen molar-refractivity contribution in [1.29, 1.82) is 0 Å². The summed E-state index contributed by atoms with van der Waals surface area (Å²) in [7, 11) is 0. The van der Waals surface area contributed by atoms with Crippen LogP contribution in [0.2, 0.25) is 0 Å². The summed E-state index contributed by atoms with van der Waals surface area (Å²) < 4.78 is 17.0. The molecule has 0 saturated heterocycles. The Hall–Kier alpha value is -3.13. The van der Waals surface area contributed by atoms with Crippen LogP contribution in [-0.4, -0.2) is 15.7 Å². The van der Waals surface area contributed by atoms with E-state index in [4.69, 9.17) is 13.7 Å². The van der Waals surface area contributed by atoms with Crippen molar-refractivity contribution in [2.75, 3.05) is 0 Å². The first-order valence-corrected chi connectivity index (χ1v) is 8.82. The third-order valence-electron chi connectivity index (χ3n) is 3.82. The molecule has 1 aromatic carbocycles. The van der Waals surface area contributed by atoms with E-state index >= 15 is 0 Å². The zero-order valence-electron chi connectivity index (χ0n) is 13.6. The van der Waals surface area contributed by atoms with Crippen LogP contribution in [0.15, 0.2) is 61.6 Å². The topological polar surface area (TPSA) is 87.5 Å². The minimum atomic E-state index is -0.490. The predicted octanol–water partition coefficient (Wildman–Crippen LogP) is 3.44. The Balaban J connectivity index is 1.34. The molecule has 0 atom stereocenters. The van der Waals surface area contributed by atoms with Gasteiger partial charge in [-0.15, -0.1) is 11.3 Å². The highest BCUT2D eigenvalue weighted by molar-refractivity contribution is 7.13. The number of carbonyl (C=O) groups excluding carboxylic acids is 1. The summed E-state index contributed by atoms with van der Waals surface area (Å²) >= 11 is 1.54. The second kappa shape index (κ2) is 7.01.